The lowest BCUT2D eigenvalue weighted by Gasteiger charge is -2.22. The van der Waals surface area contributed by atoms with Crippen LogP contribution in [0.25, 0.3) is 0 Å². The zero-order valence-corrected chi connectivity index (χ0v) is 39.1. The average Bonchev–Trinajstić information content (AvgIpc) is 4.21. The molecule has 0 radical (unpaired) electrons. The molecule has 2 heterocycles. The zero-order valence-electron chi connectivity index (χ0n) is 37.4. The van der Waals surface area contributed by atoms with Gasteiger partial charge < -0.3 is 28.8 Å². The summed E-state index contributed by atoms with van der Waals surface area (Å²) in [4.78, 5) is 12.3. The Morgan fingerprint density at radius 1 is 0.545 bits per heavy atom. The predicted octanol–water partition coefficient (Wildman–Crippen LogP) is 5.73. The van der Waals surface area contributed by atoms with Crippen LogP contribution in [0.1, 0.15) is 47.9 Å². The topological polar surface area (TPSA) is 194 Å². The molecule has 0 aliphatic heterocycles. The fraction of sp³-hybridized carbons (Fsp3) is 0.340. The van der Waals surface area contributed by atoms with Crippen molar-refractivity contribution >= 4 is 26.0 Å². The Kier molecular flexibility index (Phi) is 14.5. The number of aliphatic hydroxyl groups is 1. The van der Waals surface area contributed by atoms with Gasteiger partial charge >= 0.3 is 5.97 Å². The van der Waals surface area contributed by atoms with E-state index in [0.29, 0.717) is 35.8 Å². The Hall–Kier alpha value is -6.25. The Labute approximate surface area is 385 Å². The molecule has 0 saturated heterocycles. The van der Waals surface area contributed by atoms with Crippen molar-refractivity contribution in [1.82, 2.24) is 28.2 Å². The molecule has 2 fully saturated rings. The second-order valence-electron chi connectivity index (χ2n) is 16.1. The van der Waals surface area contributed by atoms with Crippen molar-refractivity contribution in [3.05, 3.63) is 144 Å². The molecule has 66 heavy (non-hydrogen) atoms. The lowest BCUT2D eigenvalue weighted by molar-refractivity contribution is -0.146. The van der Waals surface area contributed by atoms with E-state index in [0.717, 1.165) is 35.1 Å². The van der Waals surface area contributed by atoms with Crippen LogP contribution in [0.3, 0.4) is 0 Å². The normalized spacial score (nSPS) is 14.8. The molecule has 0 unspecified atom stereocenters. The SMILES string of the molecule is COC(=O)C1(n2cc(S(=O)(=O)N(Cc3ccc(OC)cc3)Cc3ccc(OC)cc3)cn2)CC1.COc1ccc(CN(Cc2ccc(OC)cc2)S(=O)(=O)c2cnn(C3(CO)CC3)c2)cc1. The van der Waals surface area contributed by atoms with Gasteiger partial charge in [-0.1, -0.05) is 48.5 Å². The minimum absolute atomic E-state index is 0.0182. The van der Waals surface area contributed by atoms with Gasteiger partial charge in [0.15, 0.2) is 5.54 Å². The monoisotopic (exact) mass is 942 g/mol. The number of hydrogen-bond acceptors (Lipinski definition) is 13. The van der Waals surface area contributed by atoms with Crippen LogP contribution in [-0.2, 0) is 66.8 Å². The van der Waals surface area contributed by atoms with Crippen LogP contribution in [0.15, 0.2) is 132 Å². The van der Waals surface area contributed by atoms with Gasteiger partial charge in [0, 0.05) is 38.6 Å². The Morgan fingerprint density at radius 2 is 0.864 bits per heavy atom. The fourth-order valence-corrected chi connectivity index (χ4v) is 10.00. The van der Waals surface area contributed by atoms with Crippen molar-refractivity contribution < 1.29 is 50.4 Å². The number of rotatable bonds is 20. The molecule has 0 amide bonds. The van der Waals surface area contributed by atoms with E-state index in [1.807, 2.05) is 72.8 Å². The minimum atomic E-state index is -3.94. The standard InChI is InChI=1S/C24H27N3O6S.C23H27N3O5S/c1-31-20-8-4-18(5-9-20)15-26(16-19-6-10-21(32-2)11-7-19)34(29,30)22-14-25-27(17-22)24(12-13-24)23(28)33-3;1-30-20-7-3-18(4-8-20)14-25(15-19-5-9-21(31-2)10-6-19)32(28,29)22-13-24-26(16-22)23(17-27)11-12-23/h4-11,14,17H,12-13,15-16H2,1-3H3;3-10,13,16,27H,11-12,14-15,17H2,1-2H3. The first-order chi connectivity index (χ1) is 31.7. The maximum Gasteiger partial charge on any atom is 0.333 e. The summed E-state index contributed by atoms with van der Waals surface area (Å²) in [5.41, 5.74) is 1.90. The molecule has 2 aliphatic carbocycles. The number of aliphatic hydroxyl groups excluding tert-OH is 1. The smallest absolute Gasteiger partial charge is 0.333 e. The van der Waals surface area contributed by atoms with Crippen LogP contribution in [0.5, 0.6) is 23.0 Å². The highest BCUT2D eigenvalue weighted by Gasteiger charge is 2.54. The van der Waals surface area contributed by atoms with Crippen LogP contribution in [0, 0.1) is 0 Å². The first kappa shape index (κ1) is 47.7. The summed E-state index contributed by atoms with van der Waals surface area (Å²) in [5.74, 6) is 2.36. The van der Waals surface area contributed by atoms with Crippen molar-refractivity contribution in [3.63, 3.8) is 0 Å². The second kappa shape index (κ2) is 20.1. The fourth-order valence-electron chi connectivity index (χ4n) is 7.30. The van der Waals surface area contributed by atoms with E-state index >= 15 is 0 Å². The molecule has 17 nitrogen and oxygen atoms in total. The van der Waals surface area contributed by atoms with Gasteiger partial charge in [-0.25, -0.2) is 21.6 Å². The largest absolute Gasteiger partial charge is 0.497 e. The summed E-state index contributed by atoms with van der Waals surface area (Å²) in [6, 6.07) is 29.1. The summed E-state index contributed by atoms with van der Waals surface area (Å²) in [6.07, 6.45) is 8.26. The highest BCUT2D eigenvalue weighted by atomic mass is 32.2. The van der Waals surface area contributed by atoms with Crippen molar-refractivity contribution in [3.8, 4) is 23.0 Å². The van der Waals surface area contributed by atoms with Crippen LogP contribution in [0.4, 0.5) is 0 Å². The Bertz CT molecular complexity index is 2690. The van der Waals surface area contributed by atoms with E-state index in [1.165, 1.54) is 45.2 Å². The third-order valence-corrected chi connectivity index (χ3v) is 15.3. The summed E-state index contributed by atoms with van der Waals surface area (Å²) < 4.78 is 86.1. The Morgan fingerprint density at radius 3 is 1.14 bits per heavy atom. The lowest BCUT2D eigenvalue weighted by atomic mass is 10.2. The molecule has 350 valence electrons. The summed E-state index contributed by atoms with van der Waals surface area (Å²) >= 11 is 0. The maximum atomic E-state index is 13.7. The molecule has 1 N–H and O–H groups in total. The van der Waals surface area contributed by atoms with Gasteiger partial charge in [-0.3, -0.25) is 9.36 Å². The summed E-state index contributed by atoms with van der Waals surface area (Å²) in [6.45, 7) is 0.607. The molecule has 2 aromatic heterocycles. The number of aromatic nitrogens is 4. The van der Waals surface area contributed by atoms with Crippen molar-refractivity contribution in [2.75, 3.05) is 42.2 Å². The van der Waals surface area contributed by atoms with Gasteiger partial charge in [-0.2, -0.15) is 18.8 Å². The van der Waals surface area contributed by atoms with Gasteiger partial charge in [0.05, 0.1) is 60.1 Å². The molecular formula is C47H54N6O11S2. The van der Waals surface area contributed by atoms with Gasteiger partial charge in [-0.05, 0) is 96.5 Å². The Balaban J connectivity index is 0.000000197. The molecule has 19 heteroatoms. The molecular weight excluding hydrogens is 889 g/mol. The number of esters is 1. The van der Waals surface area contributed by atoms with E-state index in [9.17, 15) is 26.7 Å². The summed E-state index contributed by atoms with van der Waals surface area (Å²) in [7, 11) is -0.132. The number of carbonyl (C=O) groups is 1. The number of sulfonamides is 2. The number of ether oxygens (including phenoxy) is 5. The van der Waals surface area contributed by atoms with Gasteiger partial charge in [0.2, 0.25) is 20.0 Å². The molecule has 0 spiro atoms. The van der Waals surface area contributed by atoms with E-state index in [2.05, 4.69) is 10.2 Å². The summed E-state index contributed by atoms with van der Waals surface area (Å²) in [5, 5.41) is 18.1. The van der Waals surface area contributed by atoms with Crippen LogP contribution >= 0.6 is 0 Å². The molecule has 4 aromatic carbocycles. The van der Waals surface area contributed by atoms with Crippen LogP contribution < -0.4 is 18.9 Å². The first-order valence-electron chi connectivity index (χ1n) is 21.0. The first-order valence-corrected chi connectivity index (χ1v) is 23.9. The van der Waals surface area contributed by atoms with Gasteiger partial charge in [0.25, 0.3) is 0 Å². The molecule has 2 aliphatic rings. The van der Waals surface area contributed by atoms with Crippen LogP contribution in [0.2, 0.25) is 0 Å². The van der Waals surface area contributed by atoms with E-state index in [-0.39, 0.29) is 42.6 Å². The molecule has 0 atom stereocenters. The van der Waals surface area contributed by atoms with Gasteiger partial charge in [0.1, 0.15) is 32.8 Å². The quantitative estimate of drug-likeness (QED) is 0.0914. The predicted molar refractivity (Wildman–Crippen MR) is 243 cm³/mol. The van der Waals surface area contributed by atoms with Crippen LogP contribution in [-0.4, -0.2) is 98.2 Å². The highest BCUT2D eigenvalue weighted by Crippen LogP contribution is 2.45. The maximum absolute atomic E-state index is 13.7. The number of hydrogen-bond donors (Lipinski definition) is 1. The number of carbonyl (C=O) groups excluding carboxylic acids is 1. The number of methoxy groups -OCH3 is 5. The molecule has 6 aromatic rings. The van der Waals surface area contributed by atoms with E-state index < -0.39 is 37.1 Å². The van der Waals surface area contributed by atoms with E-state index in [1.54, 1.807) is 57.4 Å². The molecule has 8 rings (SSSR count). The van der Waals surface area contributed by atoms with Crippen molar-refractivity contribution in [2.24, 2.45) is 0 Å². The van der Waals surface area contributed by atoms with Gasteiger partial charge in [-0.15, -0.1) is 0 Å². The zero-order chi connectivity index (χ0) is 47.1. The second-order valence-corrected chi connectivity index (χ2v) is 20.0. The highest BCUT2D eigenvalue weighted by molar-refractivity contribution is 7.89. The molecule has 0 bridgehead atoms. The minimum Gasteiger partial charge on any atom is -0.497 e. The molecule has 2 saturated carbocycles. The number of nitrogens with zero attached hydrogens (tertiary/aromatic N) is 6. The third kappa shape index (κ3) is 10.6. The third-order valence-electron chi connectivity index (χ3n) is 11.8. The van der Waals surface area contributed by atoms with Crippen molar-refractivity contribution in [2.45, 2.75) is 72.7 Å². The van der Waals surface area contributed by atoms with E-state index in [4.69, 9.17) is 23.7 Å². The van der Waals surface area contributed by atoms with Crippen molar-refractivity contribution in [1.29, 1.82) is 0 Å². The lowest BCUT2D eigenvalue weighted by Crippen LogP contribution is -2.31. The number of benzene rings is 4. The average molecular weight is 943 g/mol.